The molecule has 0 spiro atoms. The zero-order chi connectivity index (χ0) is 18.3. The Kier molecular flexibility index (Phi) is 9.80. The van der Waals surface area contributed by atoms with E-state index in [1.165, 1.54) is 18.7 Å². The third-order valence-electron chi connectivity index (χ3n) is 4.11. The summed E-state index contributed by atoms with van der Waals surface area (Å²) in [6.07, 6.45) is 4.12. The molecule has 2 heterocycles. The fourth-order valence-corrected chi connectivity index (χ4v) is 4.18. The minimum atomic E-state index is -3.53. The molecule has 0 radical (unpaired) electrons. The summed E-state index contributed by atoms with van der Waals surface area (Å²) in [6.45, 7) is 9.96. The Balaban J connectivity index is 0.00000338. The van der Waals surface area contributed by atoms with Crippen LogP contribution in [0, 0.1) is 11.8 Å². The molecular formula is C17H30IN5O2S. The Hall–Kier alpha value is -0.940. The van der Waals surface area contributed by atoms with Gasteiger partial charge < -0.3 is 10.2 Å². The number of pyridine rings is 1. The van der Waals surface area contributed by atoms with Gasteiger partial charge in [0.05, 0.1) is 6.54 Å². The second kappa shape index (κ2) is 11.0. The number of guanidine groups is 1. The maximum Gasteiger partial charge on any atom is 0.242 e. The van der Waals surface area contributed by atoms with E-state index in [0.717, 1.165) is 25.6 Å². The topological polar surface area (TPSA) is 86.7 Å². The van der Waals surface area contributed by atoms with Crippen molar-refractivity contribution in [3.63, 3.8) is 0 Å². The van der Waals surface area contributed by atoms with E-state index in [1.807, 2.05) is 6.92 Å². The predicted molar refractivity (Wildman–Crippen MR) is 115 cm³/mol. The molecule has 2 atom stereocenters. The van der Waals surface area contributed by atoms with Crippen molar-refractivity contribution < 1.29 is 8.42 Å². The van der Waals surface area contributed by atoms with Gasteiger partial charge in [0, 0.05) is 38.6 Å². The number of nitrogens with one attached hydrogen (secondary N) is 2. The van der Waals surface area contributed by atoms with Gasteiger partial charge in [-0.05, 0) is 37.3 Å². The molecule has 0 bridgehead atoms. The van der Waals surface area contributed by atoms with E-state index in [0.29, 0.717) is 18.4 Å². The second-order valence-electron chi connectivity index (χ2n) is 6.67. The number of likely N-dealkylation sites (tertiary alicyclic amines) is 1. The predicted octanol–water partition coefficient (Wildman–Crippen LogP) is 1.92. The maximum absolute atomic E-state index is 12.2. The standard InChI is InChI=1S/C17H29N5O2S.HI/c1-4-19-17(22-12-14(2)10-15(3)13-22)20-8-9-21-25(23,24)16-6-5-7-18-11-16;/h5-7,11,14-15,21H,4,8-10,12-13H2,1-3H3,(H,19,20);1H. The molecule has 9 heteroatoms. The first kappa shape index (κ1) is 23.1. The van der Waals surface area contributed by atoms with Crippen molar-refractivity contribution in [1.29, 1.82) is 0 Å². The quantitative estimate of drug-likeness (QED) is 0.273. The van der Waals surface area contributed by atoms with Gasteiger partial charge in [-0.25, -0.2) is 13.1 Å². The number of sulfonamides is 1. The molecule has 1 aliphatic rings. The first-order valence-electron chi connectivity index (χ1n) is 8.85. The highest BCUT2D eigenvalue weighted by atomic mass is 127. The second-order valence-corrected chi connectivity index (χ2v) is 8.44. The van der Waals surface area contributed by atoms with Crippen LogP contribution in [0.15, 0.2) is 34.4 Å². The lowest BCUT2D eigenvalue weighted by Crippen LogP contribution is -2.48. The largest absolute Gasteiger partial charge is 0.357 e. The van der Waals surface area contributed by atoms with Crippen molar-refractivity contribution in [1.82, 2.24) is 19.9 Å². The third-order valence-corrected chi connectivity index (χ3v) is 5.56. The van der Waals surface area contributed by atoms with Crippen LogP contribution < -0.4 is 10.0 Å². The van der Waals surface area contributed by atoms with Gasteiger partial charge in [-0.3, -0.25) is 9.98 Å². The van der Waals surface area contributed by atoms with Crippen molar-refractivity contribution >= 4 is 40.0 Å². The number of halogens is 1. The van der Waals surface area contributed by atoms with Crippen LogP contribution >= 0.6 is 24.0 Å². The Morgan fingerprint density at radius 3 is 2.62 bits per heavy atom. The average Bonchev–Trinajstić information content (AvgIpc) is 2.57. The molecule has 2 unspecified atom stereocenters. The summed E-state index contributed by atoms with van der Waals surface area (Å²) < 4.78 is 26.9. The SMILES string of the molecule is CCNC(=NCCNS(=O)(=O)c1cccnc1)N1CC(C)CC(C)C1.I. The minimum absolute atomic E-state index is 0. The number of hydrogen-bond donors (Lipinski definition) is 2. The van der Waals surface area contributed by atoms with Crippen LogP contribution in [0.4, 0.5) is 0 Å². The van der Waals surface area contributed by atoms with Gasteiger partial charge in [0.2, 0.25) is 10.0 Å². The van der Waals surface area contributed by atoms with Gasteiger partial charge in [0.25, 0.3) is 0 Å². The molecule has 2 rings (SSSR count). The molecule has 1 aromatic rings. The van der Waals surface area contributed by atoms with Crippen molar-refractivity contribution in [2.45, 2.75) is 32.1 Å². The number of aliphatic imine (C=N–C) groups is 1. The summed E-state index contributed by atoms with van der Waals surface area (Å²) in [4.78, 5) is 10.9. The van der Waals surface area contributed by atoms with E-state index in [-0.39, 0.29) is 35.4 Å². The van der Waals surface area contributed by atoms with Gasteiger partial charge >= 0.3 is 0 Å². The van der Waals surface area contributed by atoms with E-state index in [2.05, 4.69) is 38.8 Å². The van der Waals surface area contributed by atoms with E-state index in [9.17, 15) is 8.42 Å². The van der Waals surface area contributed by atoms with Gasteiger partial charge in [-0.2, -0.15) is 0 Å². The van der Waals surface area contributed by atoms with Gasteiger partial charge in [-0.1, -0.05) is 13.8 Å². The van der Waals surface area contributed by atoms with E-state index < -0.39 is 10.0 Å². The van der Waals surface area contributed by atoms with E-state index >= 15 is 0 Å². The Labute approximate surface area is 174 Å². The summed E-state index contributed by atoms with van der Waals surface area (Å²) in [5, 5.41) is 3.31. The molecule has 0 saturated carbocycles. The molecule has 2 N–H and O–H groups in total. The Morgan fingerprint density at radius 2 is 2.04 bits per heavy atom. The molecule has 0 aliphatic carbocycles. The molecule has 0 amide bonds. The average molecular weight is 495 g/mol. The lowest BCUT2D eigenvalue weighted by atomic mass is 9.92. The molecule has 1 aromatic heterocycles. The molecular weight excluding hydrogens is 465 g/mol. The molecule has 1 saturated heterocycles. The maximum atomic E-state index is 12.2. The first-order chi connectivity index (χ1) is 11.9. The highest BCUT2D eigenvalue weighted by molar-refractivity contribution is 14.0. The molecule has 26 heavy (non-hydrogen) atoms. The number of piperidine rings is 1. The van der Waals surface area contributed by atoms with Crippen LogP contribution in [0.5, 0.6) is 0 Å². The molecule has 148 valence electrons. The normalized spacial score (nSPS) is 21.2. The highest BCUT2D eigenvalue weighted by Gasteiger charge is 2.24. The van der Waals surface area contributed by atoms with E-state index in [1.54, 1.807) is 12.3 Å². The van der Waals surface area contributed by atoms with E-state index in [4.69, 9.17) is 0 Å². The number of nitrogens with zero attached hydrogens (tertiary/aromatic N) is 3. The molecule has 7 nitrogen and oxygen atoms in total. The van der Waals surface area contributed by atoms with Crippen molar-refractivity contribution in [3.05, 3.63) is 24.5 Å². The fourth-order valence-electron chi connectivity index (χ4n) is 3.19. The number of rotatable bonds is 6. The monoisotopic (exact) mass is 495 g/mol. The molecule has 1 aliphatic heterocycles. The van der Waals surface area contributed by atoms with Crippen LogP contribution in [0.3, 0.4) is 0 Å². The number of aromatic nitrogens is 1. The number of hydrogen-bond acceptors (Lipinski definition) is 4. The molecule has 0 aromatic carbocycles. The van der Waals surface area contributed by atoms with Crippen LogP contribution in [0.25, 0.3) is 0 Å². The summed E-state index contributed by atoms with van der Waals surface area (Å²) in [5.41, 5.74) is 0. The summed E-state index contributed by atoms with van der Waals surface area (Å²) in [6, 6.07) is 3.13. The smallest absolute Gasteiger partial charge is 0.242 e. The van der Waals surface area contributed by atoms with Crippen LogP contribution in [-0.2, 0) is 10.0 Å². The van der Waals surface area contributed by atoms with Crippen molar-refractivity contribution in [3.8, 4) is 0 Å². The zero-order valence-corrected chi connectivity index (χ0v) is 18.8. The lowest BCUT2D eigenvalue weighted by molar-refractivity contribution is 0.208. The highest BCUT2D eigenvalue weighted by Crippen LogP contribution is 2.20. The van der Waals surface area contributed by atoms with Crippen LogP contribution in [-0.4, -0.2) is 57.0 Å². The Bertz CT molecular complexity index is 659. The third kappa shape index (κ3) is 6.99. The van der Waals surface area contributed by atoms with Crippen molar-refractivity contribution in [2.24, 2.45) is 16.8 Å². The van der Waals surface area contributed by atoms with Gasteiger partial charge in [0.15, 0.2) is 5.96 Å². The molecule has 1 fully saturated rings. The summed E-state index contributed by atoms with van der Waals surface area (Å²) in [5.74, 6) is 2.13. The lowest BCUT2D eigenvalue weighted by Gasteiger charge is -2.37. The minimum Gasteiger partial charge on any atom is -0.357 e. The van der Waals surface area contributed by atoms with Crippen molar-refractivity contribution in [2.75, 3.05) is 32.7 Å². The van der Waals surface area contributed by atoms with Gasteiger partial charge in [0.1, 0.15) is 4.90 Å². The van der Waals surface area contributed by atoms with Crippen LogP contribution in [0.2, 0.25) is 0 Å². The summed E-state index contributed by atoms with van der Waals surface area (Å²) in [7, 11) is -3.53. The fraction of sp³-hybridized carbons (Fsp3) is 0.647. The Morgan fingerprint density at radius 1 is 1.35 bits per heavy atom. The van der Waals surface area contributed by atoms with Gasteiger partial charge in [-0.15, -0.1) is 24.0 Å². The first-order valence-corrected chi connectivity index (χ1v) is 10.3. The van der Waals surface area contributed by atoms with Crippen LogP contribution in [0.1, 0.15) is 27.2 Å². The zero-order valence-electron chi connectivity index (χ0n) is 15.7. The summed E-state index contributed by atoms with van der Waals surface area (Å²) >= 11 is 0.